The Labute approximate surface area is 579 Å². The van der Waals surface area contributed by atoms with Crippen molar-refractivity contribution in [2.24, 2.45) is 23.7 Å². The molecule has 0 aliphatic heterocycles. The summed E-state index contributed by atoms with van der Waals surface area (Å²) in [6.07, 6.45) is 37.4. The van der Waals surface area contributed by atoms with E-state index in [1.807, 2.05) is 0 Å². The molecule has 6 aromatic carbocycles. The second-order valence-corrected chi connectivity index (χ2v) is 37.0. The van der Waals surface area contributed by atoms with Crippen molar-refractivity contribution >= 4 is 43.5 Å². The van der Waals surface area contributed by atoms with E-state index in [-0.39, 0.29) is 35.7 Å². The smallest absolute Gasteiger partial charge is 1.00 e. The predicted octanol–water partition coefficient (Wildman–Crippen LogP) is 15.4. The Hall–Kier alpha value is -3.98. The van der Waals surface area contributed by atoms with Crippen molar-refractivity contribution in [3.8, 4) is 0 Å². The summed E-state index contributed by atoms with van der Waals surface area (Å²) in [5.74, 6) is 2.07. The first-order valence-corrected chi connectivity index (χ1v) is 44.1. The van der Waals surface area contributed by atoms with Gasteiger partial charge >= 0.3 is 142 Å². The molecule has 6 heteroatoms. The topological polar surface area (TPSA) is 0 Å². The third-order valence-electron chi connectivity index (χ3n) is 16.6. The SMILES string of the molecule is CCC1=[C-]C(CC)C=C1c1ccccc1CC.CCC1=[C-]C(CC)C=C1c1ccccc1CC.CCC1=[C-]C(CC)C=C1c1ccccc1CC.CCC1=[C-]C(CC)C=C1c1ccccc1CC.C[Si](=[Zr+2])c1ccccc1.C[Si](=[Zr+2])c1ccccc1.[Cl-].[Cl-]. The van der Waals surface area contributed by atoms with Gasteiger partial charge in [0.1, 0.15) is 0 Å². The van der Waals surface area contributed by atoms with Gasteiger partial charge in [-0.3, -0.25) is 24.3 Å². The molecule has 0 spiro atoms. The number of hydrogen-bond acceptors (Lipinski definition) is 0. The second kappa shape index (κ2) is 43.0. The molecule has 6 aromatic rings. The van der Waals surface area contributed by atoms with Crippen LogP contribution in [-0.2, 0) is 72.4 Å². The van der Waals surface area contributed by atoms with Crippen molar-refractivity contribution in [3.05, 3.63) is 273 Å². The van der Waals surface area contributed by atoms with Crippen LogP contribution in [0.15, 0.2) is 204 Å². The molecule has 4 unspecified atom stereocenters. The molecule has 4 aliphatic carbocycles. The minimum absolute atomic E-state index is 0. The molecule has 0 bridgehead atoms. The molecular formula is C82H100Cl2Si2Zr2-2. The fourth-order valence-electron chi connectivity index (χ4n) is 11.4. The van der Waals surface area contributed by atoms with Crippen LogP contribution in [0.4, 0.5) is 0 Å². The third-order valence-corrected chi connectivity index (χ3v) is 23.2. The van der Waals surface area contributed by atoms with Gasteiger partial charge in [0.15, 0.2) is 0 Å². The Morgan fingerprint density at radius 1 is 0.284 bits per heavy atom. The van der Waals surface area contributed by atoms with E-state index in [1.54, 1.807) is 57.0 Å². The normalized spacial score (nSPS) is 16.7. The Morgan fingerprint density at radius 3 is 0.636 bits per heavy atom. The summed E-state index contributed by atoms with van der Waals surface area (Å²) in [5, 5.41) is 3.11. The van der Waals surface area contributed by atoms with Gasteiger partial charge in [-0.25, -0.2) is 22.3 Å². The van der Waals surface area contributed by atoms with E-state index in [9.17, 15) is 0 Å². The molecule has 0 fully saturated rings. The van der Waals surface area contributed by atoms with Gasteiger partial charge < -0.3 is 24.8 Å². The van der Waals surface area contributed by atoms with Gasteiger partial charge in [0.2, 0.25) is 0 Å². The van der Waals surface area contributed by atoms with Gasteiger partial charge in [0, 0.05) is 0 Å². The summed E-state index contributed by atoms with van der Waals surface area (Å²) in [6, 6.07) is 56.6. The summed E-state index contributed by atoms with van der Waals surface area (Å²) in [7, 11) is 0. The van der Waals surface area contributed by atoms with Gasteiger partial charge in [0.25, 0.3) is 0 Å². The van der Waals surface area contributed by atoms with E-state index in [2.05, 4.69) is 303 Å². The first-order valence-electron chi connectivity index (χ1n) is 32.7. The Bertz CT molecular complexity index is 2970. The van der Waals surface area contributed by atoms with Crippen molar-refractivity contribution in [3.63, 3.8) is 0 Å². The zero-order valence-corrected chi connectivity index (χ0v) is 64.3. The summed E-state index contributed by atoms with van der Waals surface area (Å²) < 4.78 is 0. The van der Waals surface area contributed by atoms with Gasteiger partial charge in [-0.1, -0.05) is 300 Å². The van der Waals surface area contributed by atoms with E-state index in [0.29, 0.717) is 23.7 Å². The average Bonchev–Trinajstić information content (AvgIpc) is 4.24. The second-order valence-electron chi connectivity index (χ2n) is 22.3. The largest absolute Gasteiger partial charge is 1.00 e. The fourth-order valence-corrected chi connectivity index (χ4v) is 15.2. The predicted molar refractivity (Wildman–Crippen MR) is 374 cm³/mol. The van der Waals surface area contributed by atoms with Crippen LogP contribution >= 0.6 is 0 Å². The fraction of sp³-hybridized carbons (Fsp3) is 0.366. The summed E-state index contributed by atoms with van der Waals surface area (Å²) >= 11 is 3.38. The molecule has 0 heterocycles. The molecule has 0 N–H and O–H groups in total. The zero-order chi connectivity index (χ0) is 62.4. The van der Waals surface area contributed by atoms with Crippen molar-refractivity contribution in [2.45, 2.75) is 173 Å². The quantitative estimate of drug-likeness (QED) is 0.0594. The molecule has 0 saturated carbocycles. The molecule has 0 nitrogen and oxygen atoms in total. The van der Waals surface area contributed by atoms with E-state index in [1.165, 1.54) is 89.1 Å². The van der Waals surface area contributed by atoms with Crippen LogP contribution in [0.5, 0.6) is 0 Å². The summed E-state index contributed by atoms with van der Waals surface area (Å²) in [5.41, 5.74) is 22.5. The number of benzene rings is 6. The van der Waals surface area contributed by atoms with Crippen LogP contribution < -0.4 is 35.2 Å². The molecule has 10 rings (SSSR count). The van der Waals surface area contributed by atoms with Gasteiger partial charge in [-0.2, -0.15) is 46.6 Å². The Kier molecular flexibility index (Phi) is 38.2. The number of halogens is 2. The van der Waals surface area contributed by atoms with Crippen LogP contribution in [0.25, 0.3) is 22.3 Å². The molecule has 0 aromatic heterocycles. The molecule has 460 valence electrons. The summed E-state index contributed by atoms with van der Waals surface area (Å²) in [6.45, 7) is 31.4. The number of hydrogen-bond donors (Lipinski definition) is 0. The molecule has 0 saturated heterocycles. The maximum atomic E-state index is 3.61. The Morgan fingerprint density at radius 2 is 0.477 bits per heavy atom. The molecule has 0 amide bonds. The van der Waals surface area contributed by atoms with Crippen molar-refractivity contribution in [2.75, 3.05) is 0 Å². The maximum Gasteiger partial charge on any atom is -1.00 e. The first kappa shape index (κ1) is 78.3. The van der Waals surface area contributed by atoms with Crippen LogP contribution in [0.1, 0.15) is 179 Å². The number of aryl methyl sites for hydroxylation is 4. The molecule has 88 heavy (non-hydrogen) atoms. The van der Waals surface area contributed by atoms with Gasteiger partial charge in [0.05, 0.1) is 0 Å². The van der Waals surface area contributed by atoms with Crippen LogP contribution in [-0.4, -0.2) is 10.9 Å². The Balaban J connectivity index is 0.000000279. The van der Waals surface area contributed by atoms with Crippen molar-refractivity contribution in [1.29, 1.82) is 0 Å². The van der Waals surface area contributed by atoms with E-state index >= 15 is 0 Å². The van der Waals surface area contributed by atoms with Crippen molar-refractivity contribution < 1.29 is 71.5 Å². The number of allylic oxidation sites excluding steroid dienone is 16. The van der Waals surface area contributed by atoms with E-state index in [0.717, 1.165) is 77.0 Å². The van der Waals surface area contributed by atoms with Crippen molar-refractivity contribution in [1.82, 2.24) is 0 Å². The minimum Gasteiger partial charge on any atom is -1.00 e. The zero-order valence-electron chi connectivity index (χ0n) is 55.9. The van der Waals surface area contributed by atoms with Crippen LogP contribution in [0.3, 0.4) is 0 Å². The standard InChI is InChI=1S/4C17H21.2C7H8Si.2ClH.2Zr/c4*1-4-13-11-15(6-3)17(12-13)16-10-8-7-9-14(16)5-2;2*1-8-7-5-3-2-4-6-7;;;;/h4*7-10,12-13H,4-6H2,1-3H3;2*2-6H,1H3;2*1H;;/q4*-1;;;;;2*+2/p-2. The van der Waals surface area contributed by atoms with Gasteiger partial charge in [-0.05, 0) is 25.7 Å². The van der Waals surface area contributed by atoms with Crippen LogP contribution in [0, 0.1) is 48.0 Å². The molecule has 4 atom stereocenters. The third kappa shape index (κ3) is 23.3. The van der Waals surface area contributed by atoms with E-state index < -0.39 is 0 Å². The average molecular weight is 1400 g/mol. The monoisotopic (exact) mass is 1390 g/mol. The first-order chi connectivity index (χ1) is 41.8. The van der Waals surface area contributed by atoms with E-state index in [4.69, 9.17) is 0 Å². The van der Waals surface area contributed by atoms with Crippen LogP contribution in [0.2, 0.25) is 13.1 Å². The molecule has 0 radical (unpaired) electrons. The minimum atomic E-state index is -0.122. The molecular weight excluding hydrogens is 1290 g/mol. The summed E-state index contributed by atoms with van der Waals surface area (Å²) in [4.78, 5) is 0. The van der Waals surface area contributed by atoms with Gasteiger partial charge in [-0.15, -0.1) is 0 Å². The molecule has 4 aliphatic rings. The maximum absolute atomic E-state index is 3.61. The number of rotatable bonds is 18.